The fraction of sp³-hybridized carbons (Fsp3) is 0.294. The van der Waals surface area contributed by atoms with Crippen LogP contribution >= 0.6 is 0 Å². The first-order valence-corrected chi connectivity index (χ1v) is 6.86. The van der Waals surface area contributed by atoms with Gasteiger partial charge >= 0.3 is 0 Å². The van der Waals surface area contributed by atoms with Crippen molar-refractivity contribution in [3.05, 3.63) is 54.1 Å². The number of likely N-dealkylation sites (N-methyl/N-ethyl adjacent to an activating group) is 1. The molecule has 0 bridgehead atoms. The highest BCUT2D eigenvalue weighted by molar-refractivity contribution is 5.51. The lowest BCUT2D eigenvalue weighted by Gasteiger charge is -2.19. The van der Waals surface area contributed by atoms with Crippen molar-refractivity contribution in [1.82, 2.24) is 5.32 Å². The van der Waals surface area contributed by atoms with Gasteiger partial charge in [-0.3, -0.25) is 0 Å². The lowest BCUT2D eigenvalue weighted by atomic mass is 10.1. The fourth-order valence-electron chi connectivity index (χ4n) is 2.16. The van der Waals surface area contributed by atoms with E-state index in [0.29, 0.717) is 23.9 Å². The summed E-state index contributed by atoms with van der Waals surface area (Å²) in [6.07, 6.45) is 0. The summed E-state index contributed by atoms with van der Waals surface area (Å²) in [4.78, 5) is 0. The van der Waals surface area contributed by atoms with Gasteiger partial charge in [0.2, 0.25) is 5.75 Å². The van der Waals surface area contributed by atoms with Crippen molar-refractivity contribution in [1.29, 1.82) is 0 Å². The first kappa shape index (κ1) is 15.2. The van der Waals surface area contributed by atoms with Gasteiger partial charge in [0, 0.05) is 0 Å². The van der Waals surface area contributed by atoms with Gasteiger partial charge in [0.1, 0.15) is 6.61 Å². The van der Waals surface area contributed by atoms with Crippen molar-refractivity contribution in [3.63, 3.8) is 0 Å². The predicted octanol–water partition coefficient (Wildman–Crippen LogP) is 3.04. The Bertz CT molecular complexity index is 535. The Morgan fingerprint density at radius 2 is 1.52 bits per heavy atom. The maximum atomic E-state index is 5.95. The molecule has 1 atom stereocenters. The van der Waals surface area contributed by atoms with Crippen LogP contribution in [-0.4, -0.2) is 27.9 Å². The molecule has 2 rings (SSSR count). The highest BCUT2D eigenvalue weighted by Crippen LogP contribution is 2.37. The van der Waals surface area contributed by atoms with Gasteiger partial charge in [0.05, 0.1) is 20.3 Å². The summed E-state index contributed by atoms with van der Waals surface area (Å²) in [5.74, 6) is 1.95. The van der Waals surface area contributed by atoms with Gasteiger partial charge in [0.15, 0.2) is 11.5 Å². The zero-order valence-electron chi connectivity index (χ0n) is 12.6. The Hall–Kier alpha value is -2.20. The third-order valence-electron chi connectivity index (χ3n) is 3.33. The number of benzene rings is 2. The largest absolute Gasteiger partial charge is 0.493 e. The van der Waals surface area contributed by atoms with Crippen LogP contribution in [0.5, 0.6) is 17.2 Å². The number of nitrogens with one attached hydrogen (secondary N) is 1. The zero-order valence-corrected chi connectivity index (χ0v) is 12.6. The van der Waals surface area contributed by atoms with Crippen molar-refractivity contribution < 1.29 is 14.2 Å². The summed E-state index contributed by atoms with van der Waals surface area (Å²) in [5.41, 5.74) is 1.17. The van der Waals surface area contributed by atoms with E-state index in [1.807, 2.05) is 43.4 Å². The van der Waals surface area contributed by atoms with Crippen LogP contribution in [0.4, 0.5) is 0 Å². The highest BCUT2D eigenvalue weighted by atomic mass is 16.5. The van der Waals surface area contributed by atoms with E-state index >= 15 is 0 Å². The molecule has 2 aromatic carbocycles. The van der Waals surface area contributed by atoms with E-state index in [1.165, 1.54) is 5.56 Å². The lowest BCUT2D eigenvalue weighted by Crippen LogP contribution is -2.23. The van der Waals surface area contributed by atoms with Crippen LogP contribution < -0.4 is 19.5 Å². The molecule has 0 saturated carbocycles. The second kappa shape index (κ2) is 7.55. The minimum atomic E-state index is 0.0980. The van der Waals surface area contributed by atoms with E-state index in [4.69, 9.17) is 14.2 Å². The molecule has 1 unspecified atom stereocenters. The average Bonchev–Trinajstić information content (AvgIpc) is 2.56. The summed E-state index contributed by atoms with van der Waals surface area (Å²) >= 11 is 0. The third kappa shape index (κ3) is 3.67. The molecule has 4 nitrogen and oxygen atoms in total. The van der Waals surface area contributed by atoms with E-state index in [0.717, 1.165) is 0 Å². The molecular weight excluding hydrogens is 266 g/mol. The Morgan fingerprint density at radius 3 is 2.05 bits per heavy atom. The van der Waals surface area contributed by atoms with Crippen molar-refractivity contribution in [2.75, 3.05) is 27.9 Å². The second-order valence-corrected chi connectivity index (χ2v) is 4.55. The molecule has 21 heavy (non-hydrogen) atoms. The smallest absolute Gasteiger partial charge is 0.203 e. The summed E-state index contributed by atoms with van der Waals surface area (Å²) in [7, 11) is 5.16. The van der Waals surface area contributed by atoms with Crippen LogP contribution in [0.2, 0.25) is 0 Å². The standard InChI is InChI=1S/C17H21NO3/c1-18-14(13-8-5-4-6-9-13)12-21-17-15(19-2)10-7-11-16(17)20-3/h4-11,14,18H,12H2,1-3H3. The first-order chi connectivity index (χ1) is 10.3. The van der Waals surface area contributed by atoms with Crippen LogP contribution in [0.3, 0.4) is 0 Å². The molecular formula is C17H21NO3. The number of hydrogen-bond acceptors (Lipinski definition) is 4. The Morgan fingerprint density at radius 1 is 0.905 bits per heavy atom. The molecule has 112 valence electrons. The zero-order chi connectivity index (χ0) is 15.1. The van der Waals surface area contributed by atoms with Crippen LogP contribution in [-0.2, 0) is 0 Å². The monoisotopic (exact) mass is 287 g/mol. The topological polar surface area (TPSA) is 39.7 Å². The van der Waals surface area contributed by atoms with E-state index in [-0.39, 0.29) is 6.04 Å². The van der Waals surface area contributed by atoms with Crippen LogP contribution in [0.25, 0.3) is 0 Å². The van der Waals surface area contributed by atoms with Crippen molar-refractivity contribution in [3.8, 4) is 17.2 Å². The van der Waals surface area contributed by atoms with E-state index < -0.39 is 0 Å². The Labute approximate surface area is 125 Å². The highest BCUT2D eigenvalue weighted by Gasteiger charge is 2.15. The van der Waals surface area contributed by atoms with Gasteiger partial charge in [-0.1, -0.05) is 36.4 Å². The number of para-hydroxylation sites is 1. The maximum Gasteiger partial charge on any atom is 0.203 e. The number of ether oxygens (including phenoxy) is 3. The summed E-state index contributed by atoms with van der Waals surface area (Å²) < 4.78 is 16.6. The molecule has 0 heterocycles. The summed E-state index contributed by atoms with van der Waals surface area (Å²) in [6, 6.07) is 15.9. The van der Waals surface area contributed by atoms with Crippen LogP contribution in [0.15, 0.2) is 48.5 Å². The van der Waals surface area contributed by atoms with Crippen LogP contribution in [0.1, 0.15) is 11.6 Å². The molecule has 0 radical (unpaired) electrons. The van der Waals surface area contributed by atoms with Crippen molar-refractivity contribution in [2.45, 2.75) is 6.04 Å². The van der Waals surface area contributed by atoms with Gasteiger partial charge in [-0.15, -0.1) is 0 Å². The molecule has 4 heteroatoms. The molecule has 2 aromatic rings. The number of methoxy groups -OCH3 is 2. The maximum absolute atomic E-state index is 5.95. The van der Waals surface area contributed by atoms with Crippen molar-refractivity contribution >= 4 is 0 Å². The number of hydrogen-bond donors (Lipinski definition) is 1. The van der Waals surface area contributed by atoms with Crippen LogP contribution in [0, 0.1) is 0 Å². The summed E-state index contributed by atoms with van der Waals surface area (Å²) in [6.45, 7) is 0.483. The fourth-order valence-corrected chi connectivity index (χ4v) is 2.16. The van der Waals surface area contributed by atoms with E-state index in [1.54, 1.807) is 14.2 Å². The molecule has 0 aliphatic heterocycles. The Balaban J connectivity index is 2.15. The molecule has 0 saturated heterocycles. The molecule has 0 aliphatic carbocycles. The van der Waals surface area contributed by atoms with E-state index in [2.05, 4.69) is 17.4 Å². The molecule has 1 N–H and O–H groups in total. The Kier molecular flexibility index (Phi) is 5.46. The average molecular weight is 287 g/mol. The van der Waals surface area contributed by atoms with Gasteiger partial charge in [0.25, 0.3) is 0 Å². The summed E-state index contributed by atoms with van der Waals surface area (Å²) in [5, 5.41) is 3.26. The molecule has 0 amide bonds. The first-order valence-electron chi connectivity index (χ1n) is 6.86. The minimum Gasteiger partial charge on any atom is -0.493 e. The molecule has 0 aromatic heterocycles. The molecule has 0 aliphatic rings. The van der Waals surface area contributed by atoms with Gasteiger partial charge in [-0.2, -0.15) is 0 Å². The van der Waals surface area contributed by atoms with Gasteiger partial charge < -0.3 is 19.5 Å². The van der Waals surface area contributed by atoms with E-state index in [9.17, 15) is 0 Å². The van der Waals surface area contributed by atoms with Gasteiger partial charge in [-0.05, 0) is 24.7 Å². The predicted molar refractivity (Wildman–Crippen MR) is 83.3 cm³/mol. The second-order valence-electron chi connectivity index (χ2n) is 4.55. The molecule has 0 spiro atoms. The lowest BCUT2D eigenvalue weighted by molar-refractivity contribution is 0.245. The number of rotatable bonds is 7. The quantitative estimate of drug-likeness (QED) is 0.849. The SMILES string of the molecule is CNC(COc1c(OC)cccc1OC)c1ccccc1. The van der Waals surface area contributed by atoms with Crippen molar-refractivity contribution in [2.24, 2.45) is 0 Å². The normalized spacial score (nSPS) is 11.8. The van der Waals surface area contributed by atoms with Gasteiger partial charge in [-0.25, -0.2) is 0 Å². The molecule has 0 fully saturated rings. The minimum absolute atomic E-state index is 0.0980. The third-order valence-corrected chi connectivity index (χ3v) is 3.33.